The quantitative estimate of drug-likeness (QED) is 0.0302. The van der Waals surface area contributed by atoms with Gasteiger partial charge in [0.05, 0.1) is 71.4 Å². The van der Waals surface area contributed by atoms with Crippen LogP contribution in [0.15, 0.2) is 133 Å². The van der Waals surface area contributed by atoms with Gasteiger partial charge in [-0.3, -0.25) is 33.8 Å². The lowest BCUT2D eigenvalue weighted by atomic mass is 9.80. The number of benzene rings is 4. The third-order valence-corrected chi connectivity index (χ3v) is 16.6. The van der Waals surface area contributed by atoms with E-state index in [1.807, 2.05) is 78.9 Å². The predicted octanol–water partition coefficient (Wildman–Crippen LogP) is 7.37. The number of nitrogens with one attached hydrogen (secondary N) is 3. The summed E-state index contributed by atoms with van der Waals surface area (Å²) in [6.45, 7) is -1.38. The van der Waals surface area contributed by atoms with Gasteiger partial charge >= 0.3 is 15.0 Å². The summed E-state index contributed by atoms with van der Waals surface area (Å²) >= 11 is 6.19. The lowest BCUT2D eigenvalue weighted by molar-refractivity contribution is -0.192. The van der Waals surface area contributed by atoms with Gasteiger partial charge in [-0.25, -0.2) is 19.9 Å². The molecular weight excluding hydrogens is 1130 g/mol. The zero-order valence-corrected chi connectivity index (χ0v) is 47.6. The summed E-state index contributed by atoms with van der Waals surface area (Å²) in [5.74, 6) is -0.0374. The second kappa shape index (κ2) is 25.8. The summed E-state index contributed by atoms with van der Waals surface area (Å²) in [6.07, 6.45) is -2.28. The summed E-state index contributed by atoms with van der Waals surface area (Å²) in [6, 6.07) is 35.4. The first-order valence-corrected chi connectivity index (χ1v) is 29.7. The Morgan fingerprint density at radius 2 is 1.48 bits per heavy atom. The third kappa shape index (κ3) is 12.9. The molecule has 0 radical (unpaired) electrons. The van der Waals surface area contributed by atoms with E-state index in [1.165, 1.54) is 23.5 Å². The van der Waals surface area contributed by atoms with Crippen LogP contribution in [0.5, 0.6) is 11.5 Å². The molecule has 2 amide bonds. The number of H-pyrrole nitrogens is 1. The van der Waals surface area contributed by atoms with E-state index in [9.17, 15) is 29.1 Å². The first-order chi connectivity index (χ1) is 40.2. The number of fused-ring (bicyclic) bond motifs is 2. The number of carbonyl (C=O) groups excluding carboxylic acids is 2. The van der Waals surface area contributed by atoms with Crippen LogP contribution in [0, 0.1) is 17.2 Å². The molecule has 4 aromatic heterocycles. The number of nitrogens with zero attached hydrogens (tertiary/aromatic N) is 8. The molecule has 0 spiro atoms. The Hall–Kier alpha value is -7.76. The highest BCUT2D eigenvalue weighted by Gasteiger charge is 2.47. The van der Waals surface area contributed by atoms with Crippen molar-refractivity contribution in [2.45, 2.75) is 75.6 Å². The number of aromatic nitrogens is 8. The fourth-order valence-electron chi connectivity index (χ4n) is 9.68. The van der Waals surface area contributed by atoms with Crippen LogP contribution < -0.4 is 30.6 Å². The van der Waals surface area contributed by atoms with Crippen molar-refractivity contribution >= 4 is 72.7 Å². The highest BCUT2D eigenvalue weighted by Crippen LogP contribution is 2.55. The van der Waals surface area contributed by atoms with E-state index in [4.69, 9.17) is 53.6 Å². The number of methoxy groups -OCH3 is 2. The number of rotatable bonds is 24. The van der Waals surface area contributed by atoms with Gasteiger partial charge in [-0.05, 0) is 69.5 Å². The Kier molecular flexibility index (Phi) is 18.2. The molecule has 0 aliphatic carbocycles. The number of aromatic amines is 1. The van der Waals surface area contributed by atoms with Crippen LogP contribution >= 0.6 is 15.0 Å². The van der Waals surface area contributed by atoms with Gasteiger partial charge in [0.15, 0.2) is 40.5 Å². The molecule has 2 aliphatic heterocycles. The minimum Gasteiger partial charge on any atom is -0.566 e. The maximum Gasteiger partial charge on any atom is 0.488 e. The summed E-state index contributed by atoms with van der Waals surface area (Å²) in [7, 11) is -0.270. The molecule has 8 aromatic rings. The number of anilines is 2. The van der Waals surface area contributed by atoms with Gasteiger partial charge in [0, 0.05) is 24.3 Å². The Balaban J connectivity index is 0.986. The molecule has 3 N–H and O–H groups in total. The average molecular weight is 1190 g/mol. The van der Waals surface area contributed by atoms with Crippen molar-refractivity contribution < 1.29 is 60.8 Å². The van der Waals surface area contributed by atoms with Crippen molar-refractivity contribution in [3.05, 3.63) is 161 Å². The maximum atomic E-state index is 13.4. The molecule has 430 valence electrons. The molecule has 10 rings (SSSR count). The molecule has 83 heavy (non-hydrogen) atoms. The molecule has 2 saturated heterocycles. The third-order valence-electron chi connectivity index (χ3n) is 13.7. The lowest BCUT2D eigenvalue weighted by Gasteiger charge is -2.37. The molecule has 6 heterocycles. The molecule has 8 atom stereocenters. The fourth-order valence-corrected chi connectivity index (χ4v) is 12.2. The molecular formula is C55H55N11O14P2S. The van der Waals surface area contributed by atoms with Gasteiger partial charge in [0.2, 0.25) is 11.9 Å². The fraction of sp³-hybridized carbons (Fsp3) is 0.327. The van der Waals surface area contributed by atoms with Gasteiger partial charge in [0.25, 0.3) is 11.5 Å². The first-order valence-electron chi connectivity index (χ1n) is 26.1. The Labute approximate surface area is 480 Å². The molecule has 2 unspecified atom stereocenters. The van der Waals surface area contributed by atoms with Gasteiger partial charge in [0.1, 0.15) is 35.8 Å². The van der Waals surface area contributed by atoms with E-state index in [0.29, 0.717) is 22.7 Å². The Morgan fingerprint density at radius 1 is 0.831 bits per heavy atom. The van der Waals surface area contributed by atoms with Crippen LogP contribution in [-0.4, -0.2) is 109 Å². The SMILES string of the molecule is COc1ccc(C(OC[C@H]2O[C@@H](n3cnc4c(NC(=O)c5ccccc5)ncnc43)C[C@H]2OP(=S)(OCCC#N)OC[C@@H]2C[C@H](O[P+](=O)[O-])[C@H](n3cnc4c(=O)[nH]c(NC(=O)C(C)C)nc43)O2)(c2ccccc2)c2ccc(OC)cc2)cc1. The first kappa shape index (κ1) is 58.4. The van der Waals surface area contributed by atoms with Crippen molar-refractivity contribution in [3.8, 4) is 17.6 Å². The number of nitriles is 1. The Bertz CT molecular complexity index is 3710. The number of hydrogen-bond donors (Lipinski definition) is 3. The second-order valence-electron chi connectivity index (χ2n) is 19.3. The number of hydrogen-bond acceptors (Lipinski definition) is 21. The van der Waals surface area contributed by atoms with Crippen LogP contribution in [0.1, 0.15) is 72.6 Å². The van der Waals surface area contributed by atoms with E-state index < -0.39 is 80.7 Å². The summed E-state index contributed by atoms with van der Waals surface area (Å²) in [5, 5.41) is 15.1. The smallest absolute Gasteiger partial charge is 0.488 e. The largest absolute Gasteiger partial charge is 0.566 e. The lowest BCUT2D eigenvalue weighted by Crippen LogP contribution is -2.38. The maximum absolute atomic E-state index is 13.4. The van der Waals surface area contributed by atoms with Gasteiger partial charge < -0.3 is 47.5 Å². The van der Waals surface area contributed by atoms with E-state index in [-0.39, 0.29) is 67.5 Å². The van der Waals surface area contributed by atoms with Crippen molar-refractivity contribution in [3.63, 3.8) is 0 Å². The highest BCUT2D eigenvalue weighted by atomic mass is 32.5. The number of ether oxygens (including phenoxy) is 5. The second-order valence-corrected chi connectivity index (χ2v) is 22.9. The highest BCUT2D eigenvalue weighted by molar-refractivity contribution is 8.07. The number of amides is 2. The zero-order chi connectivity index (χ0) is 58.3. The molecule has 0 bridgehead atoms. The van der Waals surface area contributed by atoms with E-state index in [1.54, 1.807) is 63.0 Å². The van der Waals surface area contributed by atoms with Gasteiger partial charge in [-0.2, -0.15) is 10.2 Å². The molecule has 28 heteroatoms. The van der Waals surface area contributed by atoms with Crippen molar-refractivity contribution in [1.82, 2.24) is 39.0 Å². The van der Waals surface area contributed by atoms with E-state index >= 15 is 0 Å². The molecule has 0 saturated carbocycles. The summed E-state index contributed by atoms with van der Waals surface area (Å²) < 4.78 is 72.0. The zero-order valence-electron chi connectivity index (χ0n) is 45.0. The average Bonchev–Trinajstić information content (AvgIpc) is 4.47. The van der Waals surface area contributed by atoms with Crippen LogP contribution in [0.4, 0.5) is 11.8 Å². The summed E-state index contributed by atoms with van der Waals surface area (Å²) in [4.78, 5) is 75.9. The molecule has 4 aromatic carbocycles. The monoisotopic (exact) mass is 1190 g/mol. The molecule has 25 nitrogen and oxygen atoms in total. The van der Waals surface area contributed by atoms with Crippen molar-refractivity contribution in [1.29, 1.82) is 5.26 Å². The van der Waals surface area contributed by atoms with Crippen LogP contribution in [0.2, 0.25) is 0 Å². The minimum atomic E-state index is -3.99. The molecule has 2 aliphatic rings. The Morgan fingerprint density at radius 3 is 2.13 bits per heavy atom. The number of carbonyl (C=O) groups is 2. The number of imidazole rings is 2. The molecule has 2 fully saturated rings. The van der Waals surface area contributed by atoms with Gasteiger partial charge in [-0.1, -0.05) is 86.6 Å². The predicted molar refractivity (Wildman–Crippen MR) is 300 cm³/mol. The standard InChI is InChI=1S/C55H55N11O14P2S/c1-33(2)50(67)63-54-62-49-46(52(69)64-54)60-32-66(49)53-42(79-81(70)71)26-40(77-53)28-76-82(83,75-25-11-24-56)80-41-27-44(65-31-59-45-47(57-30-58-48(45)65)61-51(68)34-12-7-5-8-13-34)78-43(41)29-74-55(35-14-9-6-10-15-35,36-16-20-38(72-3)21-17-36)37-18-22-39(73-4)23-19-37/h5-10,12-23,30-33,40-44,53H,11,25-29H2,1-4H3,(H,57,58,61,68)(H2,62,63,64,67,69)/t40-,41+,42-,43+,44+,53+,82?/m0/s1. The van der Waals surface area contributed by atoms with Crippen molar-refractivity contribution in [2.24, 2.45) is 5.92 Å². The summed E-state index contributed by atoms with van der Waals surface area (Å²) in [5.41, 5.74) is 1.09. The van der Waals surface area contributed by atoms with E-state index in [0.717, 1.165) is 16.7 Å². The van der Waals surface area contributed by atoms with Gasteiger partial charge in [-0.15, -0.1) is 4.52 Å². The van der Waals surface area contributed by atoms with Crippen molar-refractivity contribution in [2.75, 3.05) is 44.7 Å². The van der Waals surface area contributed by atoms with Crippen LogP contribution in [0.3, 0.4) is 0 Å². The van der Waals surface area contributed by atoms with E-state index in [2.05, 4.69) is 46.6 Å². The topological polar surface area (TPSA) is 312 Å². The normalized spacial score (nSPS) is 19.8. The minimum absolute atomic E-state index is 0.0352. The van der Waals surface area contributed by atoms with Crippen LogP contribution in [-0.2, 0) is 59.1 Å². The van der Waals surface area contributed by atoms with Crippen LogP contribution in [0.25, 0.3) is 22.3 Å².